The van der Waals surface area contributed by atoms with Crippen LogP contribution in [0, 0.1) is 0 Å². The molecule has 1 aliphatic carbocycles. The van der Waals surface area contributed by atoms with Crippen LogP contribution in [-0.4, -0.2) is 40.9 Å². The van der Waals surface area contributed by atoms with Gasteiger partial charge >= 0.3 is 0 Å². The van der Waals surface area contributed by atoms with E-state index in [1.807, 2.05) is 23.7 Å². The molecule has 2 rings (SSSR count). The summed E-state index contributed by atoms with van der Waals surface area (Å²) in [6.07, 6.45) is 2.87. The van der Waals surface area contributed by atoms with Gasteiger partial charge in [-0.05, 0) is 25.0 Å². The Morgan fingerprint density at radius 2 is 2.21 bits per heavy atom. The van der Waals surface area contributed by atoms with Gasteiger partial charge in [-0.15, -0.1) is 12.4 Å². The molecule has 1 heterocycles. The molecule has 14 heavy (non-hydrogen) atoms. The van der Waals surface area contributed by atoms with Gasteiger partial charge in [0.2, 0.25) is 5.91 Å². The van der Waals surface area contributed by atoms with E-state index in [2.05, 4.69) is 0 Å². The zero-order chi connectivity index (χ0) is 9.47. The van der Waals surface area contributed by atoms with Gasteiger partial charge in [-0.1, -0.05) is 0 Å². The molecule has 1 amide bonds. The van der Waals surface area contributed by atoms with Gasteiger partial charge in [0.25, 0.3) is 0 Å². The first-order valence-electron chi connectivity index (χ1n) is 4.77. The van der Waals surface area contributed by atoms with Crippen molar-refractivity contribution in [1.29, 1.82) is 0 Å². The van der Waals surface area contributed by atoms with Crippen LogP contribution in [0.1, 0.15) is 19.3 Å². The highest BCUT2D eigenvalue weighted by Gasteiger charge is 2.48. The zero-order valence-corrected chi connectivity index (χ0v) is 10.00. The molecule has 1 saturated heterocycles. The lowest BCUT2D eigenvalue weighted by molar-refractivity contribution is -0.133. The molecule has 1 saturated carbocycles. The van der Waals surface area contributed by atoms with E-state index in [4.69, 9.17) is 5.73 Å². The van der Waals surface area contributed by atoms with Gasteiger partial charge in [-0.3, -0.25) is 4.79 Å². The predicted molar refractivity (Wildman–Crippen MR) is 61.9 cm³/mol. The van der Waals surface area contributed by atoms with Crippen LogP contribution in [0.3, 0.4) is 0 Å². The second-order valence-corrected chi connectivity index (χ2v) is 5.24. The van der Waals surface area contributed by atoms with Gasteiger partial charge in [0.15, 0.2) is 0 Å². The van der Waals surface area contributed by atoms with Crippen LogP contribution in [0.15, 0.2) is 0 Å². The van der Waals surface area contributed by atoms with E-state index in [1.54, 1.807) is 0 Å². The Morgan fingerprint density at radius 1 is 1.57 bits per heavy atom. The number of carbonyl (C=O) groups is 1. The molecule has 2 aliphatic rings. The van der Waals surface area contributed by atoms with Crippen molar-refractivity contribution < 1.29 is 4.79 Å². The maximum atomic E-state index is 11.8. The van der Waals surface area contributed by atoms with Crippen molar-refractivity contribution in [2.75, 3.05) is 18.6 Å². The molecule has 0 aromatic carbocycles. The predicted octanol–water partition coefficient (Wildman–Crippen LogP) is 0.863. The number of likely N-dealkylation sites (N-methyl/N-ethyl adjacent to an activating group) is 1. The quantitative estimate of drug-likeness (QED) is 0.774. The molecule has 0 bridgehead atoms. The van der Waals surface area contributed by atoms with E-state index in [0.717, 1.165) is 25.0 Å². The minimum absolute atomic E-state index is 0. The number of nitrogens with two attached hydrogens (primary N) is 1. The molecule has 0 spiro atoms. The van der Waals surface area contributed by atoms with Crippen LogP contribution in [0.2, 0.25) is 0 Å². The Hall–Kier alpha value is 0.0700. The summed E-state index contributed by atoms with van der Waals surface area (Å²) in [5, 5.41) is 0. The minimum Gasteiger partial charge on any atom is -0.340 e. The maximum absolute atomic E-state index is 11.8. The second kappa shape index (κ2) is 4.29. The molecule has 3 nitrogen and oxygen atoms in total. The Bertz CT molecular complexity index is 227. The van der Waals surface area contributed by atoms with Crippen molar-refractivity contribution >= 4 is 30.1 Å². The SMILES string of the molecule is CN(C(=O)C1(N)CC1)C1CCSC1.Cl. The molecular weight excluding hydrogens is 220 g/mol. The zero-order valence-electron chi connectivity index (χ0n) is 8.36. The topological polar surface area (TPSA) is 46.3 Å². The fraction of sp³-hybridized carbons (Fsp3) is 0.889. The van der Waals surface area contributed by atoms with E-state index in [-0.39, 0.29) is 18.3 Å². The first kappa shape index (κ1) is 12.1. The standard InChI is InChI=1S/C9H16N2OS.ClH/c1-11(7-2-5-13-6-7)8(12)9(10)3-4-9;/h7H,2-6,10H2,1H3;1H. The normalized spacial score (nSPS) is 28.0. The van der Waals surface area contributed by atoms with Crippen molar-refractivity contribution in [3.8, 4) is 0 Å². The van der Waals surface area contributed by atoms with Crippen molar-refractivity contribution in [3.05, 3.63) is 0 Å². The highest BCUT2D eigenvalue weighted by Crippen LogP contribution is 2.35. The smallest absolute Gasteiger partial charge is 0.242 e. The Labute approximate surface area is 95.2 Å². The summed E-state index contributed by atoms with van der Waals surface area (Å²) in [4.78, 5) is 13.7. The second-order valence-electron chi connectivity index (χ2n) is 4.09. The average Bonchev–Trinajstić information content (AvgIpc) is 2.71. The first-order chi connectivity index (χ1) is 6.13. The van der Waals surface area contributed by atoms with E-state index in [1.165, 1.54) is 5.75 Å². The maximum Gasteiger partial charge on any atom is 0.242 e. The van der Waals surface area contributed by atoms with E-state index < -0.39 is 5.54 Å². The number of rotatable bonds is 2. The molecular formula is C9H17ClN2OS. The number of halogens is 1. The Balaban J connectivity index is 0.000000980. The minimum atomic E-state index is -0.484. The number of amides is 1. The summed E-state index contributed by atoms with van der Waals surface area (Å²) >= 11 is 1.92. The van der Waals surface area contributed by atoms with Crippen LogP contribution in [0.25, 0.3) is 0 Å². The molecule has 5 heteroatoms. The highest BCUT2D eigenvalue weighted by atomic mass is 35.5. The first-order valence-corrected chi connectivity index (χ1v) is 5.93. The van der Waals surface area contributed by atoms with Crippen molar-refractivity contribution in [3.63, 3.8) is 0 Å². The number of hydrogen-bond donors (Lipinski definition) is 1. The molecule has 1 atom stereocenters. The molecule has 1 unspecified atom stereocenters. The van der Waals surface area contributed by atoms with Crippen LogP contribution in [0.4, 0.5) is 0 Å². The van der Waals surface area contributed by atoms with Crippen LogP contribution < -0.4 is 5.73 Å². The monoisotopic (exact) mass is 236 g/mol. The lowest BCUT2D eigenvalue weighted by Crippen LogP contribution is -2.48. The number of carbonyl (C=O) groups excluding carboxylic acids is 1. The number of hydrogen-bond acceptors (Lipinski definition) is 3. The molecule has 0 radical (unpaired) electrons. The number of thioether (sulfide) groups is 1. The molecule has 1 aliphatic heterocycles. The van der Waals surface area contributed by atoms with Gasteiger partial charge in [0, 0.05) is 18.8 Å². The average molecular weight is 237 g/mol. The van der Waals surface area contributed by atoms with E-state index >= 15 is 0 Å². The third-order valence-corrected chi connectivity index (χ3v) is 4.13. The van der Waals surface area contributed by atoms with Gasteiger partial charge in [0.1, 0.15) is 0 Å². The summed E-state index contributed by atoms with van der Waals surface area (Å²) < 4.78 is 0. The lowest BCUT2D eigenvalue weighted by Gasteiger charge is -2.26. The van der Waals surface area contributed by atoms with Gasteiger partial charge in [-0.25, -0.2) is 0 Å². The Morgan fingerprint density at radius 3 is 2.64 bits per heavy atom. The summed E-state index contributed by atoms with van der Waals surface area (Å²) in [5.41, 5.74) is 5.38. The largest absolute Gasteiger partial charge is 0.340 e. The lowest BCUT2D eigenvalue weighted by atomic mass is 10.2. The van der Waals surface area contributed by atoms with Crippen molar-refractivity contribution in [2.24, 2.45) is 5.73 Å². The highest BCUT2D eigenvalue weighted by molar-refractivity contribution is 7.99. The molecule has 82 valence electrons. The fourth-order valence-electron chi connectivity index (χ4n) is 1.69. The molecule has 2 N–H and O–H groups in total. The van der Waals surface area contributed by atoms with Crippen LogP contribution in [0.5, 0.6) is 0 Å². The van der Waals surface area contributed by atoms with Gasteiger partial charge in [0.05, 0.1) is 5.54 Å². The molecule has 0 aromatic rings. The van der Waals surface area contributed by atoms with E-state index in [9.17, 15) is 4.79 Å². The van der Waals surface area contributed by atoms with Crippen molar-refractivity contribution in [2.45, 2.75) is 30.8 Å². The van der Waals surface area contributed by atoms with Gasteiger partial charge in [-0.2, -0.15) is 11.8 Å². The van der Waals surface area contributed by atoms with E-state index in [0.29, 0.717) is 6.04 Å². The fourth-order valence-corrected chi connectivity index (χ4v) is 2.96. The third kappa shape index (κ3) is 2.18. The summed E-state index contributed by atoms with van der Waals surface area (Å²) in [7, 11) is 1.89. The van der Waals surface area contributed by atoms with Crippen LogP contribution in [-0.2, 0) is 4.79 Å². The number of nitrogens with zero attached hydrogens (tertiary/aromatic N) is 1. The Kier molecular flexibility index (Phi) is 3.72. The summed E-state index contributed by atoms with van der Waals surface area (Å²) in [5.74, 6) is 2.41. The van der Waals surface area contributed by atoms with Gasteiger partial charge < -0.3 is 10.6 Å². The third-order valence-electron chi connectivity index (χ3n) is 2.99. The van der Waals surface area contributed by atoms with Crippen LogP contribution >= 0.6 is 24.2 Å². The van der Waals surface area contributed by atoms with Crippen molar-refractivity contribution in [1.82, 2.24) is 4.90 Å². The summed E-state index contributed by atoms with van der Waals surface area (Å²) in [6, 6.07) is 0.429. The summed E-state index contributed by atoms with van der Waals surface area (Å²) in [6.45, 7) is 0. The molecule has 0 aromatic heterocycles. The molecule has 2 fully saturated rings.